The SMILES string of the molecule is CC(=O)OCC[NH+](CCOC(C)=O)CCOC(C)=O.CC(C)(C)C(=O)OCC[NH+](CCOC(=O)C(C)(C)C)CCOC(=O)C(C)(C)C.CC(C)(C)C(C)(C)c1ccc(OCCOCC[N+](C)(C)Cc2ccccc2)cc1.CCOCC[NH+](CCOCC)CCOCC.COCC[NH+](CCOC)CCOC.OCC[NH+](CCO)CCO. The third-order valence-corrected chi connectivity index (χ3v) is 18.2. The van der Waals surface area contributed by atoms with Gasteiger partial charge in [-0.05, 0) is 112 Å². The normalized spacial score (nSPS) is 11.7. The van der Waals surface area contributed by atoms with Crippen LogP contribution in [0.3, 0.4) is 0 Å². The summed E-state index contributed by atoms with van der Waals surface area (Å²) in [5.41, 5.74) is 1.36. The Morgan fingerprint density at radius 1 is 0.348 bits per heavy atom. The van der Waals surface area contributed by atoms with Crippen molar-refractivity contribution in [3.05, 3.63) is 65.7 Å². The van der Waals surface area contributed by atoms with Crippen molar-refractivity contribution in [2.75, 3.05) is 279 Å². The number of benzene rings is 2. The largest absolute Gasteiger partial charge is 0.491 e. The summed E-state index contributed by atoms with van der Waals surface area (Å²) in [6, 6.07) is 19.1. The van der Waals surface area contributed by atoms with Crippen molar-refractivity contribution in [2.45, 2.75) is 150 Å². The zero-order valence-corrected chi connectivity index (χ0v) is 76.5. The van der Waals surface area contributed by atoms with E-state index in [-0.39, 0.29) is 106 Å². The molecule has 0 aliphatic carbocycles. The summed E-state index contributed by atoms with van der Waals surface area (Å²) in [5.74, 6) is -0.874. The van der Waals surface area contributed by atoms with Crippen LogP contribution in [-0.4, -0.2) is 335 Å². The molecule has 0 saturated carbocycles. The highest BCUT2D eigenvalue weighted by molar-refractivity contribution is 5.76. The van der Waals surface area contributed by atoms with Gasteiger partial charge in [0, 0.05) is 67.5 Å². The Hall–Kier alpha value is -5.58. The Morgan fingerprint density at radius 3 is 0.904 bits per heavy atom. The molecule has 0 spiro atoms. The van der Waals surface area contributed by atoms with Crippen molar-refractivity contribution in [3.8, 4) is 5.75 Å². The number of hydrogen-bond acceptors (Lipinski definition) is 23. The van der Waals surface area contributed by atoms with Crippen LogP contribution in [0, 0.1) is 21.7 Å². The predicted octanol–water partition coefficient (Wildman–Crippen LogP) is 1.52. The number of carbonyl (C=O) groups is 6. The first-order valence-corrected chi connectivity index (χ1v) is 41.3. The molecular weight excluding hydrogens is 1480 g/mol. The zero-order valence-electron chi connectivity index (χ0n) is 76.5. The molecule has 0 heterocycles. The van der Waals surface area contributed by atoms with Crippen LogP contribution in [-0.2, 0) is 102 Å². The fourth-order valence-electron chi connectivity index (χ4n) is 9.89. The second kappa shape index (κ2) is 70.3. The molecule has 0 radical (unpaired) electrons. The molecule has 2 aromatic rings. The Morgan fingerprint density at radius 2 is 0.635 bits per heavy atom. The number of aliphatic hydroxyl groups is 3. The highest BCUT2D eigenvalue weighted by atomic mass is 16.6. The van der Waals surface area contributed by atoms with Crippen LogP contribution in [0.15, 0.2) is 54.6 Å². The molecule has 674 valence electrons. The number of quaternary nitrogens is 6. The van der Waals surface area contributed by atoms with Crippen LogP contribution in [0.4, 0.5) is 0 Å². The van der Waals surface area contributed by atoms with Gasteiger partial charge in [-0.25, -0.2) is 0 Å². The highest BCUT2D eigenvalue weighted by Crippen LogP contribution is 2.41. The van der Waals surface area contributed by atoms with Crippen molar-refractivity contribution in [3.63, 3.8) is 0 Å². The predicted molar refractivity (Wildman–Crippen MR) is 448 cm³/mol. The van der Waals surface area contributed by atoms with Crippen LogP contribution in [0.1, 0.15) is 150 Å². The van der Waals surface area contributed by atoms with Gasteiger partial charge in [0.25, 0.3) is 0 Å². The minimum atomic E-state index is -0.551. The summed E-state index contributed by atoms with van der Waals surface area (Å²) in [6.45, 7) is 62.2. The van der Waals surface area contributed by atoms with E-state index in [9.17, 15) is 28.8 Å². The Kier molecular flexibility index (Phi) is 70.7. The molecule has 29 nitrogen and oxygen atoms in total. The summed E-state index contributed by atoms with van der Waals surface area (Å²) in [6.07, 6.45) is 0. The fraction of sp³-hybridized carbons (Fsp3) is 0.791. The quantitative estimate of drug-likeness (QED) is 0.0202. The number of nitrogens with one attached hydrogen (secondary N) is 5. The second-order valence-electron chi connectivity index (χ2n) is 33.1. The van der Waals surface area contributed by atoms with Gasteiger partial charge in [0.2, 0.25) is 0 Å². The number of likely N-dealkylation sites (N-methyl/N-ethyl adjacent to an activating group) is 1. The number of hydrogen-bond donors (Lipinski definition) is 8. The maximum atomic E-state index is 11.9. The van der Waals surface area contributed by atoms with Gasteiger partial charge in [-0.2, -0.15) is 0 Å². The van der Waals surface area contributed by atoms with Crippen molar-refractivity contribution in [2.24, 2.45) is 21.7 Å². The molecule has 0 amide bonds. The number of nitrogens with zero attached hydrogens (tertiary/aromatic N) is 1. The average molecular weight is 1650 g/mol. The maximum absolute atomic E-state index is 11.9. The van der Waals surface area contributed by atoms with Crippen LogP contribution in [0.5, 0.6) is 5.75 Å². The third-order valence-electron chi connectivity index (χ3n) is 18.2. The van der Waals surface area contributed by atoms with Gasteiger partial charge in [0.15, 0.2) is 0 Å². The summed E-state index contributed by atoms with van der Waals surface area (Å²) in [7, 11) is 9.67. The van der Waals surface area contributed by atoms with E-state index < -0.39 is 16.2 Å². The van der Waals surface area contributed by atoms with E-state index in [2.05, 4.69) is 103 Å². The molecule has 0 fully saturated rings. The molecule has 2 rings (SSSR count). The van der Waals surface area contributed by atoms with Gasteiger partial charge in [-0.3, -0.25) is 28.8 Å². The van der Waals surface area contributed by atoms with Gasteiger partial charge >= 0.3 is 35.8 Å². The van der Waals surface area contributed by atoms with E-state index in [1.54, 1.807) is 83.6 Å². The Balaban J connectivity index is -0.000000667. The molecule has 0 aliphatic rings. The van der Waals surface area contributed by atoms with E-state index in [4.69, 9.17) is 81.6 Å². The molecule has 115 heavy (non-hydrogen) atoms. The smallest absolute Gasteiger partial charge is 0.311 e. The van der Waals surface area contributed by atoms with E-state index >= 15 is 0 Å². The molecule has 0 bridgehead atoms. The lowest BCUT2D eigenvalue weighted by Gasteiger charge is -2.39. The molecule has 0 aliphatic heterocycles. The molecule has 2 aromatic carbocycles. The van der Waals surface area contributed by atoms with Gasteiger partial charge in [0.05, 0.1) is 103 Å². The summed E-state index contributed by atoms with van der Waals surface area (Å²) >= 11 is 0. The average Bonchev–Trinajstić information content (AvgIpc) is 0.797. The maximum Gasteiger partial charge on any atom is 0.311 e. The number of carbonyl (C=O) groups excluding carboxylic acids is 6. The van der Waals surface area contributed by atoms with E-state index in [1.165, 1.54) is 41.7 Å². The lowest BCUT2D eigenvalue weighted by atomic mass is 9.65. The zero-order chi connectivity index (χ0) is 88.2. The molecule has 0 aromatic heterocycles. The van der Waals surface area contributed by atoms with Crippen molar-refractivity contribution >= 4 is 35.8 Å². The van der Waals surface area contributed by atoms with Crippen LogP contribution < -0.4 is 29.2 Å². The fourth-order valence-corrected chi connectivity index (χ4v) is 9.89. The van der Waals surface area contributed by atoms with Gasteiger partial charge < -0.3 is 111 Å². The van der Waals surface area contributed by atoms with E-state index in [0.717, 1.165) is 143 Å². The van der Waals surface area contributed by atoms with Gasteiger partial charge in [0.1, 0.15) is 163 Å². The minimum Gasteiger partial charge on any atom is -0.491 e. The number of rotatable bonds is 55. The summed E-state index contributed by atoms with van der Waals surface area (Å²) in [4.78, 5) is 73.8. The highest BCUT2D eigenvalue weighted by Gasteiger charge is 2.34. The summed E-state index contributed by atoms with van der Waals surface area (Å²) in [5, 5.41) is 25.5. The standard InChI is InChI=1S/C26H40NO2.C21H39NO6.C12H21NO6.C12H27NO3.C9H21NO3.C6H15NO3/c1-25(2,3)26(4,5)23-13-15-24(16-14-23)29-20-19-28-18-17-27(6,7)21-22-11-9-8-10-12-22;1-19(2,3)16(23)26-13-10-22(11-14-27-17(24)20(4,5)6)12-15-28-18(25)21(7,8)9;1-10(14)17-7-4-13(5-8-18-11(2)15)6-9-19-12(3)16;1-4-14-10-7-13(8-11-15-5-2)9-12-16-6-3;1-11-7-4-10(5-8-12-2)6-9-13-3;8-4-1-7(2-5-9)3-6-10/h8-16H,17-21H2,1-7H3;10-15H2,1-9H3;4-9H2,1-3H3;4-12H2,1-3H3;4-9H2,1-3H3;8-10H,1-6H2/q+1;;;;;/p+5. The summed E-state index contributed by atoms with van der Waals surface area (Å²) < 4.78 is 74.3. The van der Waals surface area contributed by atoms with Crippen LogP contribution >= 0.6 is 0 Å². The van der Waals surface area contributed by atoms with E-state index in [0.29, 0.717) is 72.1 Å². The number of aliphatic hydroxyl groups excluding tert-OH is 3. The first-order chi connectivity index (χ1) is 54.0. The first-order valence-electron chi connectivity index (χ1n) is 41.3. The Labute approximate surface area is 694 Å². The lowest BCUT2D eigenvalue weighted by Crippen LogP contribution is -3.13. The molecule has 0 atom stereocenters. The Bertz CT molecular complexity index is 2490. The third kappa shape index (κ3) is 70.0. The second-order valence-corrected chi connectivity index (χ2v) is 33.1. The van der Waals surface area contributed by atoms with Crippen molar-refractivity contribution < 1.29 is 139 Å². The van der Waals surface area contributed by atoms with Crippen molar-refractivity contribution in [1.29, 1.82) is 0 Å². The number of esters is 6. The van der Waals surface area contributed by atoms with Crippen molar-refractivity contribution in [1.82, 2.24) is 0 Å². The van der Waals surface area contributed by atoms with Gasteiger partial charge in [-0.1, -0.05) is 77.1 Å². The van der Waals surface area contributed by atoms with E-state index in [1.807, 2.05) is 20.8 Å². The number of methoxy groups -OCH3 is 3. The topological polar surface area (TPSA) is 315 Å². The lowest BCUT2D eigenvalue weighted by molar-refractivity contribution is -0.904. The van der Waals surface area contributed by atoms with Gasteiger partial charge in [-0.15, -0.1) is 0 Å². The van der Waals surface area contributed by atoms with Crippen LogP contribution in [0.2, 0.25) is 0 Å². The minimum absolute atomic E-state index is 0.106. The molecule has 0 unspecified atom stereocenters. The number of ether oxygens (including phenoxy) is 14. The molecule has 0 saturated heterocycles. The first kappa shape index (κ1) is 116. The molecule has 29 heteroatoms. The molecular formula is C86H168N6O23+6. The monoisotopic (exact) mass is 1650 g/mol. The molecule has 8 N–H and O–H groups in total. The van der Waals surface area contributed by atoms with Crippen LogP contribution in [0.25, 0.3) is 0 Å².